The van der Waals surface area contributed by atoms with Gasteiger partial charge in [0.1, 0.15) is 6.61 Å². The first-order chi connectivity index (χ1) is 8.98. The van der Waals surface area contributed by atoms with Gasteiger partial charge in [-0.1, -0.05) is 26.3 Å². The minimum Gasteiger partial charge on any atom is -0.388 e. The number of allylic oxidation sites excluding steroid dienone is 2. The van der Waals surface area contributed by atoms with Crippen molar-refractivity contribution in [2.24, 2.45) is 5.92 Å². The number of carbonyl (C=O) groups is 1. The zero-order chi connectivity index (χ0) is 14.9. The van der Waals surface area contributed by atoms with Crippen LogP contribution in [-0.2, 0) is 9.74 Å². The van der Waals surface area contributed by atoms with Gasteiger partial charge in [0, 0.05) is 6.42 Å². The Bertz CT molecular complexity index is 298. The number of hydrogen-bond acceptors (Lipinski definition) is 3. The monoisotopic (exact) mass is 274 g/mol. The molecule has 0 fully saturated rings. The summed E-state index contributed by atoms with van der Waals surface area (Å²) in [6.07, 6.45) is 5.25. The van der Waals surface area contributed by atoms with Gasteiger partial charge in [0.25, 0.3) is 0 Å². The first-order valence-corrected chi connectivity index (χ1v) is 7.17. The second kappa shape index (κ2) is 9.21. The number of carbonyl (C=O) groups excluding carboxylic acids is 1. The molecule has 0 amide bonds. The maximum Gasteiger partial charge on any atom is 0.155 e. The number of aliphatic hydroxyl groups is 1. The Morgan fingerprint density at radius 1 is 1.53 bits per heavy atom. The van der Waals surface area contributed by atoms with E-state index < -0.39 is 5.60 Å². The minimum absolute atomic E-state index is 0.192. The zero-order valence-corrected chi connectivity index (χ0v) is 12.5. The molecule has 3 nitrogen and oxygen atoms in total. The fraction of sp³-hybridized carbons (Fsp3) is 0.800. The molecule has 4 heteroatoms. The highest BCUT2D eigenvalue weighted by atomic mass is 19.3. The molecular weight excluding hydrogens is 247 g/mol. The highest BCUT2D eigenvalue weighted by Crippen LogP contribution is 2.31. The molecule has 0 heterocycles. The van der Waals surface area contributed by atoms with Crippen LogP contribution in [0, 0.1) is 5.92 Å². The minimum atomic E-state index is -1.13. The molecule has 0 saturated heterocycles. The first-order valence-electron chi connectivity index (χ1n) is 7.17. The van der Waals surface area contributed by atoms with Crippen LogP contribution in [-0.4, -0.2) is 23.1 Å². The van der Waals surface area contributed by atoms with Crippen LogP contribution in [0.1, 0.15) is 59.8 Å². The van der Waals surface area contributed by atoms with E-state index in [0.29, 0.717) is 18.8 Å². The molecule has 1 N–H and O–H groups in total. The molecule has 2 atom stereocenters. The Kier molecular flexibility index (Phi) is 8.85. The van der Waals surface area contributed by atoms with Crippen LogP contribution in [0.25, 0.3) is 0 Å². The summed E-state index contributed by atoms with van der Waals surface area (Å²) in [5, 5.41) is 9.80. The summed E-state index contributed by atoms with van der Waals surface area (Å²) in [4.78, 5) is 14.8. The average Bonchev–Trinajstić information content (AvgIpc) is 2.39. The Morgan fingerprint density at radius 3 is 2.68 bits per heavy atom. The molecule has 19 heavy (non-hydrogen) atoms. The van der Waals surface area contributed by atoms with E-state index >= 15 is 0 Å². The Labute approximate surface area is 115 Å². The predicted molar refractivity (Wildman–Crippen MR) is 74.4 cm³/mol. The van der Waals surface area contributed by atoms with Crippen LogP contribution >= 0.6 is 0 Å². The predicted octanol–water partition coefficient (Wildman–Crippen LogP) is 3.76. The van der Waals surface area contributed by atoms with Crippen LogP contribution in [0.4, 0.5) is 4.53 Å². The van der Waals surface area contributed by atoms with Crippen molar-refractivity contribution in [3.8, 4) is 0 Å². The summed E-state index contributed by atoms with van der Waals surface area (Å²) in [6, 6.07) is 0. The van der Waals surface area contributed by atoms with E-state index in [9.17, 15) is 14.4 Å². The van der Waals surface area contributed by atoms with E-state index in [1.54, 1.807) is 13.0 Å². The van der Waals surface area contributed by atoms with Gasteiger partial charge in [-0.15, -0.1) is 0 Å². The van der Waals surface area contributed by atoms with Crippen molar-refractivity contribution in [1.82, 2.24) is 0 Å². The molecule has 0 aromatic heterocycles. The summed E-state index contributed by atoms with van der Waals surface area (Å²) in [5.74, 6) is 0.528. The summed E-state index contributed by atoms with van der Waals surface area (Å²) >= 11 is 0. The molecule has 0 aliphatic heterocycles. The van der Waals surface area contributed by atoms with Gasteiger partial charge in [-0.05, 0) is 49.1 Å². The van der Waals surface area contributed by atoms with E-state index in [0.717, 1.165) is 24.8 Å². The van der Waals surface area contributed by atoms with Gasteiger partial charge in [0.2, 0.25) is 0 Å². The van der Waals surface area contributed by atoms with Crippen molar-refractivity contribution in [3.63, 3.8) is 0 Å². The van der Waals surface area contributed by atoms with Gasteiger partial charge in [-0.3, -0.25) is 4.79 Å². The molecule has 0 spiro atoms. The van der Waals surface area contributed by atoms with Gasteiger partial charge in [-0.2, -0.15) is 4.94 Å². The van der Waals surface area contributed by atoms with Crippen molar-refractivity contribution < 1.29 is 19.4 Å². The van der Waals surface area contributed by atoms with Gasteiger partial charge >= 0.3 is 0 Å². The number of rotatable bonds is 6. The molecular formula is C15H27FO3. The van der Waals surface area contributed by atoms with Crippen molar-refractivity contribution in [2.45, 2.75) is 65.4 Å². The largest absolute Gasteiger partial charge is 0.388 e. The van der Waals surface area contributed by atoms with E-state index in [-0.39, 0.29) is 12.4 Å². The summed E-state index contributed by atoms with van der Waals surface area (Å²) in [6.45, 7) is 7.29. The topological polar surface area (TPSA) is 46.5 Å². The lowest BCUT2D eigenvalue weighted by molar-refractivity contribution is -0.182. The quantitative estimate of drug-likeness (QED) is 0.802. The lowest BCUT2D eigenvalue weighted by Gasteiger charge is -2.27. The SMILES string of the molecule is CC.CCC1=CC(=O)CCC1CCC(C)(O)COF. The molecule has 0 radical (unpaired) electrons. The van der Waals surface area contributed by atoms with Crippen molar-refractivity contribution in [1.29, 1.82) is 0 Å². The van der Waals surface area contributed by atoms with Crippen LogP contribution < -0.4 is 0 Å². The van der Waals surface area contributed by atoms with Crippen molar-refractivity contribution >= 4 is 5.78 Å². The third-order valence-corrected chi connectivity index (χ3v) is 3.42. The third-order valence-electron chi connectivity index (χ3n) is 3.42. The fourth-order valence-corrected chi connectivity index (χ4v) is 2.29. The lowest BCUT2D eigenvalue weighted by Crippen LogP contribution is -2.30. The Balaban J connectivity index is 0.00000154. The lowest BCUT2D eigenvalue weighted by atomic mass is 9.81. The van der Waals surface area contributed by atoms with Gasteiger partial charge < -0.3 is 5.11 Å². The molecule has 2 unspecified atom stereocenters. The Morgan fingerprint density at radius 2 is 2.16 bits per heavy atom. The normalized spacial score (nSPS) is 22.1. The fourth-order valence-electron chi connectivity index (χ4n) is 2.29. The van der Waals surface area contributed by atoms with E-state index in [1.807, 2.05) is 20.8 Å². The van der Waals surface area contributed by atoms with Gasteiger partial charge in [0.15, 0.2) is 5.78 Å². The maximum absolute atomic E-state index is 11.7. The highest BCUT2D eigenvalue weighted by molar-refractivity contribution is 5.91. The number of hydrogen-bond donors (Lipinski definition) is 1. The summed E-state index contributed by atoms with van der Waals surface area (Å²) in [5.41, 5.74) is 0.0212. The van der Waals surface area contributed by atoms with Gasteiger partial charge in [-0.25, -0.2) is 0 Å². The summed E-state index contributed by atoms with van der Waals surface area (Å²) < 4.78 is 11.7. The second-order valence-corrected chi connectivity index (χ2v) is 5.06. The molecule has 112 valence electrons. The van der Waals surface area contributed by atoms with Crippen LogP contribution in [0.5, 0.6) is 0 Å². The molecule has 1 aliphatic rings. The molecule has 1 rings (SSSR count). The standard InChI is InChI=1S/C13H21FO3.C2H6/c1-3-10-8-12(15)5-4-11(10)6-7-13(2,16)9-17-14;1-2/h8,11,16H,3-7,9H2,1-2H3;1-2H3. The van der Waals surface area contributed by atoms with Crippen LogP contribution in [0.3, 0.4) is 0 Å². The van der Waals surface area contributed by atoms with E-state index in [4.69, 9.17) is 0 Å². The molecule has 0 bridgehead atoms. The van der Waals surface area contributed by atoms with Crippen molar-refractivity contribution in [2.75, 3.05) is 6.61 Å². The zero-order valence-electron chi connectivity index (χ0n) is 12.5. The summed E-state index contributed by atoms with van der Waals surface area (Å²) in [7, 11) is 0. The molecule has 0 aromatic rings. The van der Waals surface area contributed by atoms with Crippen LogP contribution in [0.15, 0.2) is 11.6 Å². The van der Waals surface area contributed by atoms with Crippen LogP contribution in [0.2, 0.25) is 0 Å². The first kappa shape index (κ1) is 18.3. The van der Waals surface area contributed by atoms with E-state index in [1.165, 1.54) is 0 Å². The molecule has 1 aliphatic carbocycles. The average molecular weight is 274 g/mol. The highest BCUT2D eigenvalue weighted by Gasteiger charge is 2.26. The third kappa shape index (κ3) is 6.83. The second-order valence-electron chi connectivity index (χ2n) is 5.06. The van der Waals surface area contributed by atoms with Crippen molar-refractivity contribution in [3.05, 3.63) is 11.6 Å². The molecule has 0 aromatic carbocycles. The number of halogens is 1. The Hall–Kier alpha value is -0.740. The number of ketones is 1. The van der Waals surface area contributed by atoms with Gasteiger partial charge in [0.05, 0.1) is 5.60 Å². The van der Waals surface area contributed by atoms with E-state index in [2.05, 4.69) is 4.94 Å². The maximum atomic E-state index is 11.7. The smallest absolute Gasteiger partial charge is 0.155 e. The molecule has 0 saturated carbocycles.